The van der Waals surface area contributed by atoms with Crippen LogP contribution in [-0.2, 0) is 26.5 Å². The van der Waals surface area contributed by atoms with Gasteiger partial charge in [-0.1, -0.05) is 0 Å². The summed E-state index contributed by atoms with van der Waals surface area (Å²) in [5.41, 5.74) is 0. The average Bonchev–Trinajstić information content (AvgIpc) is 3.10. The number of nitrogens with one attached hydrogen (secondary N) is 3. The van der Waals surface area contributed by atoms with Crippen molar-refractivity contribution >= 4 is 43.8 Å². The lowest BCUT2D eigenvalue weighted by atomic mass is 10.3. The van der Waals surface area contributed by atoms with Crippen LogP contribution < -0.4 is 14.8 Å². The molecule has 0 radical (unpaired) electrons. The molecule has 1 aliphatic heterocycles. The van der Waals surface area contributed by atoms with Crippen LogP contribution in [0.25, 0.3) is 0 Å². The Kier molecular flexibility index (Phi) is 7.91. The SMILES string of the molecule is CCS(=O)(=O)NCCc1ccc(S(=O)(=O)NC2CCNC2)s1.Cl. The van der Waals surface area contributed by atoms with Gasteiger partial charge in [-0.05, 0) is 38.4 Å². The van der Waals surface area contributed by atoms with E-state index in [1.807, 2.05) is 0 Å². The van der Waals surface area contributed by atoms with Crippen molar-refractivity contribution in [3.63, 3.8) is 0 Å². The van der Waals surface area contributed by atoms with E-state index in [4.69, 9.17) is 0 Å². The van der Waals surface area contributed by atoms with Gasteiger partial charge in [-0.25, -0.2) is 26.3 Å². The molecule has 11 heteroatoms. The summed E-state index contributed by atoms with van der Waals surface area (Å²) in [7, 11) is -6.70. The molecular formula is C12H22ClN3O4S3. The van der Waals surface area contributed by atoms with E-state index in [-0.39, 0.29) is 35.0 Å². The molecule has 1 atom stereocenters. The van der Waals surface area contributed by atoms with E-state index in [2.05, 4.69) is 14.8 Å². The molecule has 3 N–H and O–H groups in total. The summed E-state index contributed by atoms with van der Waals surface area (Å²) in [4.78, 5) is 0.837. The van der Waals surface area contributed by atoms with Crippen LogP contribution >= 0.6 is 23.7 Å². The van der Waals surface area contributed by atoms with Gasteiger partial charge in [-0.3, -0.25) is 0 Å². The van der Waals surface area contributed by atoms with Gasteiger partial charge >= 0.3 is 0 Å². The Hall–Kier alpha value is -0.230. The second-order valence-corrected chi connectivity index (χ2v) is 10.3. The first-order chi connectivity index (χ1) is 10.3. The van der Waals surface area contributed by atoms with Gasteiger partial charge < -0.3 is 5.32 Å². The van der Waals surface area contributed by atoms with Crippen molar-refractivity contribution in [3.8, 4) is 0 Å². The highest BCUT2D eigenvalue weighted by molar-refractivity contribution is 7.91. The molecule has 1 saturated heterocycles. The van der Waals surface area contributed by atoms with Gasteiger partial charge in [0.1, 0.15) is 4.21 Å². The van der Waals surface area contributed by atoms with Crippen LogP contribution in [0.4, 0.5) is 0 Å². The monoisotopic (exact) mass is 403 g/mol. The molecule has 134 valence electrons. The van der Waals surface area contributed by atoms with Crippen LogP contribution in [0.15, 0.2) is 16.3 Å². The lowest BCUT2D eigenvalue weighted by molar-refractivity contribution is 0.562. The molecule has 1 aliphatic rings. The fraction of sp³-hybridized carbons (Fsp3) is 0.667. The number of sulfonamides is 2. The smallest absolute Gasteiger partial charge is 0.250 e. The second kappa shape index (κ2) is 8.75. The molecule has 0 amide bonds. The van der Waals surface area contributed by atoms with Gasteiger partial charge in [0.15, 0.2) is 0 Å². The second-order valence-electron chi connectivity index (χ2n) is 5.08. The van der Waals surface area contributed by atoms with E-state index in [1.165, 1.54) is 11.3 Å². The minimum Gasteiger partial charge on any atom is -0.315 e. The van der Waals surface area contributed by atoms with Gasteiger partial charge in [-0.15, -0.1) is 23.7 Å². The molecule has 0 aliphatic carbocycles. The van der Waals surface area contributed by atoms with Crippen molar-refractivity contribution in [2.24, 2.45) is 0 Å². The van der Waals surface area contributed by atoms with Crippen molar-refractivity contribution < 1.29 is 16.8 Å². The molecular weight excluding hydrogens is 382 g/mol. The highest BCUT2D eigenvalue weighted by atomic mass is 35.5. The van der Waals surface area contributed by atoms with Crippen molar-refractivity contribution in [1.29, 1.82) is 0 Å². The summed E-state index contributed by atoms with van der Waals surface area (Å²) in [6.45, 7) is 3.31. The number of rotatable bonds is 8. The zero-order chi connectivity index (χ0) is 16.2. The molecule has 7 nitrogen and oxygen atoms in total. The lowest BCUT2D eigenvalue weighted by Crippen LogP contribution is -2.35. The van der Waals surface area contributed by atoms with Crippen LogP contribution in [0.2, 0.25) is 0 Å². The normalized spacial score (nSPS) is 18.7. The standard InChI is InChI=1S/C12H21N3O4S3.ClH/c1-2-21(16,17)14-8-6-11-3-4-12(20-11)22(18,19)15-10-5-7-13-9-10;/h3-4,10,13-15H,2,5-9H2,1H3;1H. The Bertz CT molecular complexity index is 697. The third kappa shape index (κ3) is 6.29. The van der Waals surface area contributed by atoms with Gasteiger partial charge in [0.25, 0.3) is 0 Å². The highest BCUT2D eigenvalue weighted by Gasteiger charge is 2.23. The molecule has 1 unspecified atom stereocenters. The van der Waals surface area contributed by atoms with Crippen molar-refractivity contribution in [3.05, 3.63) is 17.0 Å². The minimum atomic E-state index is -3.49. The van der Waals surface area contributed by atoms with E-state index >= 15 is 0 Å². The van der Waals surface area contributed by atoms with Crippen LogP contribution in [-0.4, -0.2) is 48.3 Å². The van der Waals surface area contributed by atoms with E-state index in [1.54, 1.807) is 19.1 Å². The topological polar surface area (TPSA) is 104 Å². The van der Waals surface area contributed by atoms with E-state index in [0.717, 1.165) is 17.8 Å². The molecule has 23 heavy (non-hydrogen) atoms. The van der Waals surface area contributed by atoms with Gasteiger partial charge in [0.2, 0.25) is 20.0 Å². The first-order valence-electron chi connectivity index (χ1n) is 7.11. The summed E-state index contributed by atoms with van der Waals surface area (Å²) in [6, 6.07) is 3.23. The first kappa shape index (κ1) is 20.8. The van der Waals surface area contributed by atoms with Crippen molar-refractivity contribution in [1.82, 2.24) is 14.8 Å². The summed E-state index contributed by atoms with van der Waals surface area (Å²) in [5.74, 6) is 0.0381. The quantitative estimate of drug-likeness (QED) is 0.578. The largest absolute Gasteiger partial charge is 0.315 e. The Morgan fingerprint density at radius 1 is 1.30 bits per heavy atom. The van der Waals surface area contributed by atoms with Crippen molar-refractivity contribution in [2.75, 3.05) is 25.4 Å². The van der Waals surface area contributed by atoms with E-state index in [0.29, 0.717) is 13.0 Å². The number of hydrogen-bond acceptors (Lipinski definition) is 6. The maximum Gasteiger partial charge on any atom is 0.250 e. The highest BCUT2D eigenvalue weighted by Crippen LogP contribution is 2.22. The third-order valence-electron chi connectivity index (χ3n) is 3.36. The van der Waals surface area contributed by atoms with Gasteiger partial charge in [-0.2, -0.15) is 0 Å². The molecule has 0 bridgehead atoms. The molecule has 0 spiro atoms. The Balaban J connectivity index is 0.00000264. The maximum absolute atomic E-state index is 12.2. The molecule has 1 aromatic heterocycles. The Morgan fingerprint density at radius 3 is 2.65 bits per heavy atom. The zero-order valence-corrected chi connectivity index (χ0v) is 16.0. The predicted octanol–water partition coefficient (Wildman–Crippen LogP) is 0.292. The maximum atomic E-state index is 12.2. The molecule has 1 fully saturated rings. The minimum absolute atomic E-state index is 0. The van der Waals surface area contributed by atoms with Crippen molar-refractivity contribution in [2.45, 2.75) is 30.0 Å². The van der Waals surface area contributed by atoms with Crippen LogP contribution in [0, 0.1) is 0 Å². The Labute approximate surface area is 147 Å². The summed E-state index contributed by atoms with van der Waals surface area (Å²) < 4.78 is 52.6. The number of hydrogen-bond donors (Lipinski definition) is 3. The third-order valence-corrected chi connectivity index (χ3v) is 7.92. The van der Waals surface area contributed by atoms with Gasteiger partial charge in [0, 0.05) is 24.0 Å². The summed E-state index contributed by atoms with van der Waals surface area (Å²) >= 11 is 1.18. The zero-order valence-electron chi connectivity index (χ0n) is 12.7. The first-order valence-corrected chi connectivity index (χ1v) is 11.1. The Morgan fingerprint density at radius 2 is 2.04 bits per heavy atom. The van der Waals surface area contributed by atoms with E-state index in [9.17, 15) is 16.8 Å². The van der Waals surface area contributed by atoms with Crippen LogP contribution in [0.5, 0.6) is 0 Å². The predicted molar refractivity (Wildman–Crippen MR) is 94.3 cm³/mol. The molecule has 0 aromatic carbocycles. The fourth-order valence-corrected chi connectivity index (χ4v) is 5.36. The van der Waals surface area contributed by atoms with E-state index < -0.39 is 20.0 Å². The average molecular weight is 404 g/mol. The fourth-order valence-electron chi connectivity index (χ4n) is 2.10. The summed E-state index contributed by atoms with van der Waals surface area (Å²) in [6.07, 6.45) is 1.26. The molecule has 2 heterocycles. The molecule has 0 saturated carbocycles. The van der Waals surface area contributed by atoms with Gasteiger partial charge in [0.05, 0.1) is 5.75 Å². The molecule has 2 rings (SSSR count). The molecule has 1 aromatic rings. The van der Waals surface area contributed by atoms with Crippen LogP contribution in [0.1, 0.15) is 18.2 Å². The summed E-state index contributed by atoms with van der Waals surface area (Å²) in [5, 5.41) is 3.11. The number of halogens is 1. The lowest BCUT2D eigenvalue weighted by Gasteiger charge is -2.10. The van der Waals surface area contributed by atoms with Crippen LogP contribution in [0.3, 0.4) is 0 Å². The number of thiophene rings is 1.